The Balaban J connectivity index is 1.95. The van der Waals surface area contributed by atoms with Gasteiger partial charge in [0.1, 0.15) is 0 Å². The third-order valence-electron chi connectivity index (χ3n) is 3.51. The Hall–Kier alpha value is -1.28. The van der Waals surface area contributed by atoms with Gasteiger partial charge in [0.15, 0.2) is 5.78 Å². The summed E-state index contributed by atoms with van der Waals surface area (Å²) in [7, 11) is 0. The molecule has 1 fully saturated rings. The highest BCUT2D eigenvalue weighted by Gasteiger charge is 2.13. The van der Waals surface area contributed by atoms with Gasteiger partial charge in [-0.2, -0.15) is 0 Å². The van der Waals surface area contributed by atoms with Crippen molar-refractivity contribution in [1.82, 2.24) is 5.32 Å². The van der Waals surface area contributed by atoms with E-state index in [1.807, 2.05) is 6.92 Å². The molecule has 2 nitrogen and oxygen atoms in total. The molecule has 0 saturated heterocycles. The molecule has 1 aromatic rings. The highest BCUT2D eigenvalue weighted by atomic mass is 35.5. The van der Waals surface area contributed by atoms with Crippen LogP contribution in [0.1, 0.15) is 49.4 Å². The Morgan fingerprint density at radius 2 is 1.84 bits per heavy atom. The molecule has 0 heterocycles. The van der Waals surface area contributed by atoms with E-state index >= 15 is 0 Å². The van der Waals surface area contributed by atoms with Crippen LogP contribution in [0.4, 0.5) is 0 Å². The summed E-state index contributed by atoms with van der Waals surface area (Å²) in [6.07, 6.45) is 8.01. The lowest BCUT2D eigenvalue weighted by Gasteiger charge is -2.24. The van der Waals surface area contributed by atoms with Crippen LogP contribution in [0.3, 0.4) is 0 Å². The highest BCUT2D eigenvalue weighted by molar-refractivity contribution is 6.30. The number of ketones is 1. The van der Waals surface area contributed by atoms with Crippen LogP contribution >= 0.6 is 11.6 Å². The number of carbonyl (C=O) groups excluding carboxylic acids is 1. The maximum absolute atomic E-state index is 12.0. The monoisotopic (exact) mass is 277 g/mol. The molecule has 19 heavy (non-hydrogen) atoms. The molecule has 1 aliphatic rings. The van der Waals surface area contributed by atoms with Gasteiger partial charge in [0.05, 0.1) is 0 Å². The first-order valence-corrected chi connectivity index (χ1v) is 7.27. The molecule has 2 rings (SSSR count). The van der Waals surface area contributed by atoms with E-state index in [0.29, 0.717) is 16.6 Å². The molecule has 1 aliphatic carbocycles. The van der Waals surface area contributed by atoms with E-state index in [1.165, 1.54) is 32.1 Å². The van der Waals surface area contributed by atoms with Gasteiger partial charge in [-0.3, -0.25) is 4.79 Å². The molecular formula is C16H20ClNO. The molecule has 0 atom stereocenters. The molecule has 1 aromatic carbocycles. The minimum absolute atomic E-state index is 0.0254. The summed E-state index contributed by atoms with van der Waals surface area (Å²) in [5, 5.41) is 4.10. The Morgan fingerprint density at radius 1 is 1.21 bits per heavy atom. The van der Waals surface area contributed by atoms with Crippen molar-refractivity contribution in [3.63, 3.8) is 0 Å². The van der Waals surface area contributed by atoms with Gasteiger partial charge in [0.25, 0.3) is 0 Å². The summed E-state index contributed by atoms with van der Waals surface area (Å²) < 4.78 is 0. The lowest BCUT2D eigenvalue weighted by Crippen LogP contribution is -2.29. The Bertz CT molecular complexity index is 458. The number of hydrogen-bond acceptors (Lipinski definition) is 2. The lowest BCUT2D eigenvalue weighted by molar-refractivity contribution is 0.104. The van der Waals surface area contributed by atoms with Crippen molar-refractivity contribution in [2.75, 3.05) is 0 Å². The van der Waals surface area contributed by atoms with E-state index in [1.54, 1.807) is 30.3 Å². The van der Waals surface area contributed by atoms with Crippen molar-refractivity contribution in [2.24, 2.45) is 0 Å². The number of allylic oxidation sites excluding steroid dienone is 2. The van der Waals surface area contributed by atoms with Crippen LogP contribution in [0.5, 0.6) is 0 Å². The number of nitrogens with one attached hydrogen (secondary N) is 1. The first-order chi connectivity index (χ1) is 9.15. The van der Waals surface area contributed by atoms with Gasteiger partial charge in [0.2, 0.25) is 0 Å². The van der Waals surface area contributed by atoms with Gasteiger partial charge in [0, 0.05) is 28.4 Å². The van der Waals surface area contributed by atoms with Gasteiger partial charge >= 0.3 is 0 Å². The maximum Gasteiger partial charge on any atom is 0.187 e. The fourth-order valence-corrected chi connectivity index (χ4v) is 2.63. The van der Waals surface area contributed by atoms with Crippen LogP contribution in [0.2, 0.25) is 5.02 Å². The van der Waals surface area contributed by atoms with Crippen molar-refractivity contribution in [2.45, 2.75) is 45.1 Å². The number of hydrogen-bond donors (Lipinski definition) is 1. The topological polar surface area (TPSA) is 29.1 Å². The number of halogens is 1. The molecule has 1 saturated carbocycles. The van der Waals surface area contributed by atoms with Crippen LogP contribution in [0, 0.1) is 0 Å². The first kappa shape index (κ1) is 14.1. The number of carbonyl (C=O) groups is 1. The number of rotatable bonds is 4. The van der Waals surface area contributed by atoms with Crippen LogP contribution in [-0.2, 0) is 0 Å². The third-order valence-corrected chi connectivity index (χ3v) is 3.77. The zero-order chi connectivity index (χ0) is 13.7. The molecule has 1 N–H and O–H groups in total. The quantitative estimate of drug-likeness (QED) is 0.655. The minimum atomic E-state index is 0.0254. The Morgan fingerprint density at radius 3 is 2.47 bits per heavy atom. The maximum atomic E-state index is 12.0. The summed E-state index contributed by atoms with van der Waals surface area (Å²) in [4.78, 5) is 12.0. The average molecular weight is 278 g/mol. The highest BCUT2D eigenvalue weighted by Crippen LogP contribution is 2.18. The van der Waals surface area contributed by atoms with Crippen molar-refractivity contribution in [3.8, 4) is 0 Å². The van der Waals surface area contributed by atoms with Crippen LogP contribution in [0.15, 0.2) is 36.0 Å². The standard InChI is InChI=1S/C16H20ClNO/c1-12(18-15-5-3-2-4-6-15)11-16(19)13-7-9-14(17)10-8-13/h7-11,15,18H,2-6H2,1H3/b12-11+. The molecule has 0 aromatic heterocycles. The Labute approximate surface area is 119 Å². The largest absolute Gasteiger partial charge is 0.386 e. The molecule has 0 aliphatic heterocycles. The molecule has 0 radical (unpaired) electrons. The minimum Gasteiger partial charge on any atom is -0.386 e. The SMILES string of the molecule is C/C(=C\C(=O)c1ccc(Cl)cc1)NC1CCCCC1. The molecular weight excluding hydrogens is 258 g/mol. The van der Waals surface area contributed by atoms with E-state index in [9.17, 15) is 4.79 Å². The summed E-state index contributed by atoms with van der Waals surface area (Å²) in [6.45, 7) is 1.96. The van der Waals surface area contributed by atoms with Crippen LogP contribution in [0.25, 0.3) is 0 Å². The summed E-state index contributed by atoms with van der Waals surface area (Å²) >= 11 is 5.81. The van der Waals surface area contributed by atoms with Gasteiger partial charge in [-0.1, -0.05) is 30.9 Å². The van der Waals surface area contributed by atoms with Crippen LogP contribution in [-0.4, -0.2) is 11.8 Å². The zero-order valence-corrected chi connectivity index (χ0v) is 12.0. The number of benzene rings is 1. The fraction of sp³-hybridized carbons (Fsp3) is 0.438. The lowest BCUT2D eigenvalue weighted by atomic mass is 9.95. The van der Waals surface area contributed by atoms with Crippen molar-refractivity contribution < 1.29 is 4.79 Å². The van der Waals surface area contributed by atoms with Crippen molar-refractivity contribution in [1.29, 1.82) is 0 Å². The first-order valence-electron chi connectivity index (χ1n) is 6.90. The second-order valence-corrected chi connectivity index (χ2v) is 5.61. The summed E-state index contributed by atoms with van der Waals surface area (Å²) in [6, 6.07) is 7.53. The van der Waals surface area contributed by atoms with Gasteiger partial charge in [-0.25, -0.2) is 0 Å². The van der Waals surface area contributed by atoms with Gasteiger partial charge < -0.3 is 5.32 Å². The Kier molecular flexibility index (Phi) is 5.03. The zero-order valence-electron chi connectivity index (χ0n) is 11.3. The molecule has 0 bridgehead atoms. The molecule has 0 unspecified atom stereocenters. The fourth-order valence-electron chi connectivity index (χ4n) is 2.50. The average Bonchev–Trinajstić information content (AvgIpc) is 2.40. The smallest absolute Gasteiger partial charge is 0.187 e. The van der Waals surface area contributed by atoms with Gasteiger partial charge in [-0.05, 0) is 44.0 Å². The molecule has 3 heteroatoms. The second-order valence-electron chi connectivity index (χ2n) is 5.18. The predicted molar refractivity (Wildman–Crippen MR) is 79.5 cm³/mol. The summed E-state index contributed by atoms with van der Waals surface area (Å²) in [5.74, 6) is 0.0254. The van der Waals surface area contributed by atoms with E-state index in [2.05, 4.69) is 5.32 Å². The predicted octanol–water partition coefficient (Wildman–Crippen LogP) is 4.35. The molecule has 0 amide bonds. The van der Waals surface area contributed by atoms with E-state index in [-0.39, 0.29) is 5.78 Å². The normalized spacial score (nSPS) is 17.3. The van der Waals surface area contributed by atoms with Crippen molar-refractivity contribution in [3.05, 3.63) is 46.6 Å². The van der Waals surface area contributed by atoms with E-state index < -0.39 is 0 Å². The van der Waals surface area contributed by atoms with Crippen LogP contribution < -0.4 is 5.32 Å². The van der Waals surface area contributed by atoms with E-state index in [4.69, 9.17) is 11.6 Å². The molecule has 102 valence electrons. The molecule has 0 spiro atoms. The van der Waals surface area contributed by atoms with E-state index in [0.717, 1.165) is 5.70 Å². The third kappa shape index (κ3) is 4.39. The van der Waals surface area contributed by atoms with Gasteiger partial charge in [-0.15, -0.1) is 0 Å². The van der Waals surface area contributed by atoms with Crippen molar-refractivity contribution >= 4 is 17.4 Å². The second kappa shape index (κ2) is 6.76. The summed E-state index contributed by atoms with van der Waals surface area (Å²) in [5.41, 5.74) is 1.63.